The number of rotatable bonds is 5. The molecule has 7 nitrogen and oxygen atoms in total. The van der Waals surface area contributed by atoms with Gasteiger partial charge in [0.2, 0.25) is 10.0 Å². The molecule has 2 aromatic rings. The number of nitrogens with zero attached hydrogens (tertiary/aromatic N) is 4. The maximum absolute atomic E-state index is 12.7. The first-order chi connectivity index (χ1) is 11.6. The Labute approximate surface area is 156 Å². The smallest absolute Gasteiger partial charge is 0.255 e. The van der Waals surface area contributed by atoms with E-state index in [-0.39, 0.29) is 20.5 Å². The van der Waals surface area contributed by atoms with Crippen LogP contribution >= 0.6 is 23.2 Å². The van der Waals surface area contributed by atoms with E-state index in [0.29, 0.717) is 6.54 Å². The summed E-state index contributed by atoms with van der Waals surface area (Å²) < 4.78 is 27.4. The molecule has 2 rings (SSSR count). The highest BCUT2D eigenvalue weighted by Gasteiger charge is 2.25. The topological polar surface area (TPSA) is 75.5 Å². The van der Waals surface area contributed by atoms with Gasteiger partial charge in [0.05, 0.1) is 27.8 Å². The number of hydrogen-bond donors (Lipinski definition) is 0. The van der Waals surface area contributed by atoms with Gasteiger partial charge in [0.25, 0.3) is 5.91 Å². The molecule has 0 aliphatic rings. The number of sulfonamides is 1. The zero-order valence-corrected chi connectivity index (χ0v) is 16.5. The van der Waals surface area contributed by atoms with Crippen molar-refractivity contribution in [2.24, 2.45) is 7.05 Å². The SMILES string of the molecule is CN(Cc1ccnn1C)C(=O)c1cc(S(=O)(=O)N(C)C)c(Cl)cc1Cl. The van der Waals surface area contributed by atoms with Crippen molar-refractivity contribution in [3.8, 4) is 0 Å². The minimum atomic E-state index is -3.80. The van der Waals surface area contributed by atoms with Gasteiger partial charge in [0.1, 0.15) is 4.90 Å². The van der Waals surface area contributed by atoms with Gasteiger partial charge in [-0.25, -0.2) is 12.7 Å². The lowest BCUT2D eigenvalue weighted by Crippen LogP contribution is -2.28. The summed E-state index contributed by atoms with van der Waals surface area (Å²) >= 11 is 12.1. The van der Waals surface area contributed by atoms with Gasteiger partial charge in [-0.05, 0) is 18.2 Å². The van der Waals surface area contributed by atoms with E-state index < -0.39 is 15.9 Å². The monoisotopic (exact) mass is 404 g/mol. The van der Waals surface area contributed by atoms with Crippen LogP contribution in [0.2, 0.25) is 10.0 Å². The van der Waals surface area contributed by atoms with Gasteiger partial charge in [0, 0.05) is 34.4 Å². The summed E-state index contributed by atoms with van der Waals surface area (Å²) in [5.41, 5.74) is 0.887. The van der Waals surface area contributed by atoms with Gasteiger partial charge in [-0.1, -0.05) is 23.2 Å². The number of halogens is 2. The lowest BCUT2D eigenvalue weighted by molar-refractivity contribution is 0.0782. The van der Waals surface area contributed by atoms with E-state index in [9.17, 15) is 13.2 Å². The zero-order chi connectivity index (χ0) is 18.9. The minimum Gasteiger partial charge on any atom is -0.336 e. The quantitative estimate of drug-likeness (QED) is 0.765. The highest BCUT2D eigenvalue weighted by Crippen LogP contribution is 2.30. The van der Waals surface area contributed by atoms with Crippen molar-refractivity contribution in [2.45, 2.75) is 11.4 Å². The van der Waals surface area contributed by atoms with Crippen LogP contribution in [0.3, 0.4) is 0 Å². The van der Waals surface area contributed by atoms with Crippen molar-refractivity contribution in [1.29, 1.82) is 0 Å². The van der Waals surface area contributed by atoms with Crippen molar-refractivity contribution in [1.82, 2.24) is 19.0 Å². The Morgan fingerprint density at radius 3 is 2.36 bits per heavy atom. The molecule has 0 fully saturated rings. The van der Waals surface area contributed by atoms with E-state index >= 15 is 0 Å². The first-order valence-electron chi connectivity index (χ1n) is 7.19. The molecule has 0 spiro atoms. The van der Waals surface area contributed by atoms with Crippen LogP contribution in [0.4, 0.5) is 0 Å². The summed E-state index contributed by atoms with van der Waals surface area (Å²) in [4.78, 5) is 14.0. The van der Waals surface area contributed by atoms with Crippen LogP contribution in [0.5, 0.6) is 0 Å². The Bertz CT molecular complexity index is 909. The lowest BCUT2D eigenvalue weighted by Gasteiger charge is -2.19. The number of carbonyl (C=O) groups excluding carboxylic acids is 1. The molecule has 0 aliphatic heterocycles. The molecule has 136 valence electrons. The summed E-state index contributed by atoms with van der Waals surface area (Å²) in [7, 11) is 2.33. The number of amides is 1. The summed E-state index contributed by atoms with van der Waals surface area (Å²) in [6.07, 6.45) is 1.63. The molecule has 1 amide bonds. The molecule has 0 saturated carbocycles. The first-order valence-corrected chi connectivity index (χ1v) is 9.39. The van der Waals surface area contributed by atoms with Crippen LogP contribution in [0.15, 0.2) is 29.3 Å². The molecule has 0 aliphatic carbocycles. The second kappa shape index (κ2) is 7.33. The second-order valence-electron chi connectivity index (χ2n) is 5.66. The van der Waals surface area contributed by atoms with Gasteiger partial charge < -0.3 is 4.90 Å². The molecule has 1 aromatic carbocycles. The molecular weight excluding hydrogens is 387 g/mol. The third kappa shape index (κ3) is 3.98. The van der Waals surface area contributed by atoms with Gasteiger partial charge in [-0.15, -0.1) is 0 Å². The molecule has 10 heteroatoms. The third-order valence-electron chi connectivity index (χ3n) is 3.68. The van der Waals surface area contributed by atoms with E-state index in [4.69, 9.17) is 23.2 Å². The Kier molecular flexibility index (Phi) is 5.78. The van der Waals surface area contributed by atoms with Gasteiger partial charge in [-0.2, -0.15) is 5.10 Å². The number of hydrogen-bond acceptors (Lipinski definition) is 4. The molecular formula is C15H18Cl2N4O3S. The summed E-state index contributed by atoms with van der Waals surface area (Å²) in [6, 6.07) is 4.27. The van der Waals surface area contributed by atoms with Crippen molar-refractivity contribution < 1.29 is 13.2 Å². The maximum atomic E-state index is 12.7. The fraction of sp³-hybridized carbons (Fsp3) is 0.333. The molecule has 1 heterocycles. The van der Waals surface area contributed by atoms with Crippen LogP contribution in [0.1, 0.15) is 16.1 Å². The Morgan fingerprint density at radius 2 is 1.84 bits per heavy atom. The third-order valence-corrected chi connectivity index (χ3v) is 6.27. The standard InChI is InChI=1S/C15H18Cl2N4O3S/c1-19(2)25(23,24)14-7-11(12(16)8-13(14)17)15(22)20(3)9-10-5-6-18-21(10)4/h5-8H,9H2,1-4H3. The number of aryl methyl sites for hydroxylation is 1. The van der Waals surface area contributed by atoms with Gasteiger partial charge in [-0.3, -0.25) is 9.48 Å². The largest absolute Gasteiger partial charge is 0.336 e. The van der Waals surface area contributed by atoms with Gasteiger partial charge >= 0.3 is 0 Å². The fourth-order valence-electron chi connectivity index (χ4n) is 2.16. The average molecular weight is 405 g/mol. The zero-order valence-electron chi connectivity index (χ0n) is 14.2. The van der Waals surface area contributed by atoms with Crippen LogP contribution in [0.25, 0.3) is 0 Å². The van der Waals surface area contributed by atoms with Crippen molar-refractivity contribution in [2.75, 3.05) is 21.1 Å². The van der Waals surface area contributed by atoms with Crippen molar-refractivity contribution in [3.63, 3.8) is 0 Å². The van der Waals surface area contributed by atoms with E-state index in [1.165, 1.54) is 31.1 Å². The maximum Gasteiger partial charge on any atom is 0.255 e. The van der Waals surface area contributed by atoms with E-state index in [1.807, 2.05) is 0 Å². The molecule has 25 heavy (non-hydrogen) atoms. The van der Waals surface area contributed by atoms with E-state index in [0.717, 1.165) is 10.00 Å². The van der Waals surface area contributed by atoms with Crippen LogP contribution in [-0.4, -0.2) is 54.5 Å². The van der Waals surface area contributed by atoms with E-state index in [1.54, 1.807) is 31.0 Å². The van der Waals surface area contributed by atoms with E-state index in [2.05, 4.69) is 5.10 Å². The summed E-state index contributed by atoms with van der Waals surface area (Å²) in [5.74, 6) is -0.418. The Morgan fingerprint density at radius 1 is 1.20 bits per heavy atom. The molecule has 0 atom stereocenters. The molecule has 0 N–H and O–H groups in total. The van der Waals surface area contributed by atoms with Crippen LogP contribution < -0.4 is 0 Å². The molecule has 1 aromatic heterocycles. The van der Waals surface area contributed by atoms with Crippen molar-refractivity contribution >= 4 is 39.1 Å². The predicted octanol–water partition coefficient (Wildman–Crippen LogP) is 2.25. The lowest BCUT2D eigenvalue weighted by atomic mass is 10.2. The van der Waals surface area contributed by atoms with Crippen LogP contribution in [0, 0.1) is 0 Å². The minimum absolute atomic E-state index is 0.0375. The molecule has 0 bridgehead atoms. The number of aromatic nitrogens is 2. The normalized spacial score (nSPS) is 11.8. The summed E-state index contributed by atoms with van der Waals surface area (Å²) in [5, 5.41) is 4.10. The summed E-state index contributed by atoms with van der Waals surface area (Å²) in [6.45, 7) is 0.296. The van der Waals surface area contributed by atoms with Crippen molar-refractivity contribution in [3.05, 3.63) is 45.7 Å². The number of carbonyl (C=O) groups is 1. The van der Waals surface area contributed by atoms with Crippen LogP contribution in [-0.2, 0) is 23.6 Å². The average Bonchev–Trinajstić information content (AvgIpc) is 2.91. The molecule has 0 unspecified atom stereocenters. The Hall–Kier alpha value is -1.61. The first kappa shape index (κ1) is 19.7. The van der Waals surface area contributed by atoms with Gasteiger partial charge in [0.15, 0.2) is 0 Å². The second-order valence-corrected chi connectivity index (χ2v) is 8.59. The fourth-order valence-corrected chi connectivity index (χ4v) is 3.89. The number of benzene rings is 1. The highest BCUT2D eigenvalue weighted by atomic mass is 35.5. The Balaban J connectivity index is 2.41. The molecule has 0 radical (unpaired) electrons. The molecule has 0 saturated heterocycles. The highest BCUT2D eigenvalue weighted by molar-refractivity contribution is 7.89. The predicted molar refractivity (Wildman–Crippen MR) is 96.3 cm³/mol.